The van der Waals surface area contributed by atoms with Crippen LogP contribution in [-0.4, -0.2) is 28.9 Å². The molecule has 6 nitrogen and oxygen atoms in total. The number of aliphatic carboxylic acids is 1. The lowest BCUT2D eigenvalue weighted by Crippen LogP contribution is -2.43. The largest absolute Gasteiger partial charge is 0.480 e. The molecule has 0 unspecified atom stereocenters. The smallest absolute Gasteiger partial charge is 0.326 e. The lowest BCUT2D eigenvalue weighted by molar-refractivity contribution is -0.143. The average molecular weight is 240 g/mol. The summed E-state index contributed by atoms with van der Waals surface area (Å²) < 4.78 is 0. The van der Waals surface area contributed by atoms with Crippen LogP contribution in [0.2, 0.25) is 0 Å². The molecule has 0 rings (SSSR count). The Bertz CT molecular complexity index is 333. The van der Waals surface area contributed by atoms with Crippen molar-refractivity contribution in [1.82, 2.24) is 5.32 Å². The van der Waals surface area contributed by atoms with Crippen LogP contribution in [0.4, 0.5) is 0 Å². The summed E-state index contributed by atoms with van der Waals surface area (Å²) in [5.41, 5.74) is 4.87. The highest BCUT2D eigenvalue weighted by molar-refractivity contribution is 5.88. The first-order chi connectivity index (χ1) is 7.97. The van der Waals surface area contributed by atoms with Crippen molar-refractivity contribution in [3.63, 3.8) is 0 Å². The van der Waals surface area contributed by atoms with E-state index in [1.54, 1.807) is 0 Å². The lowest BCUT2D eigenvalue weighted by Gasteiger charge is -2.12. The lowest BCUT2D eigenvalue weighted by atomic mass is 10.1. The van der Waals surface area contributed by atoms with Crippen LogP contribution in [0.5, 0.6) is 0 Å². The molecule has 0 aliphatic rings. The third-order valence-electron chi connectivity index (χ3n) is 2.01. The predicted molar refractivity (Wildman–Crippen MR) is 60.7 cm³/mol. The van der Waals surface area contributed by atoms with Crippen LogP contribution in [-0.2, 0) is 14.4 Å². The van der Waals surface area contributed by atoms with Gasteiger partial charge in [0.05, 0.1) is 6.42 Å². The number of rotatable bonds is 8. The van der Waals surface area contributed by atoms with E-state index < -0.39 is 30.2 Å². The van der Waals surface area contributed by atoms with E-state index >= 15 is 0 Å². The fourth-order valence-corrected chi connectivity index (χ4v) is 1.18. The van der Waals surface area contributed by atoms with Gasteiger partial charge in [-0.05, 0) is 12.8 Å². The van der Waals surface area contributed by atoms with Crippen LogP contribution in [0.1, 0.15) is 32.1 Å². The Hall–Kier alpha value is -2.03. The maximum absolute atomic E-state index is 11.3. The number of hydrogen-bond acceptors (Lipinski definition) is 3. The van der Waals surface area contributed by atoms with Crippen LogP contribution < -0.4 is 11.1 Å². The molecule has 0 fully saturated rings. The zero-order valence-electron chi connectivity index (χ0n) is 9.44. The number of carbonyl (C=O) groups excluding carboxylic acids is 2. The SMILES string of the molecule is C#CCCCCC(=O)N[C@@H](CC(N)=O)C(=O)O. The van der Waals surface area contributed by atoms with Gasteiger partial charge >= 0.3 is 5.97 Å². The number of primary amides is 1. The molecule has 17 heavy (non-hydrogen) atoms. The first kappa shape index (κ1) is 15.0. The van der Waals surface area contributed by atoms with E-state index in [0.29, 0.717) is 19.3 Å². The first-order valence-corrected chi connectivity index (χ1v) is 5.21. The number of hydrogen-bond donors (Lipinski definition) is 3. The summed E-state index contributed by atoms with van der Waals surface area (Å²) in [6, 6.07) is -1.26. The summed E-state index contributed by atoms with van der Waals surface area (Å²) >= 11 is 0. The number of unbranched alkanes of at least 4 members (excludes halogenated alkanes) is 2. The molecule has 0 radical (unpaired) electrons. The second-order valence-electron chi connectivity index (χ2n) is 3.54. The normalized spacial score (nSPS) is 11.2. The van der Waals surface area contributed by atoms with Crippen molar-refractivity contribution in [2.45, 2.75) is 38.1 Å². The van der Waals surface area contributed by atoms with Gasteiger partial charge in [-0.25, -0.2) is 4.79 Å². The highest BCUT2D eigenvalue weighted by atomic mass is 16.4. The van der Waals surface area contributed by atoms with Gasteiger partial charge in [-0.1, -0.05) is 0 Å². The highest BCUT2D eigenvalue weighted by Gasteiger charge is 2.21. The van der Waals surface area contributed by atoms with Crippen LogP contribution in [0, 0.1) is 12.3 Å². The molecule has 0 bridgehead atoms. The molecule has 0 saturated heterocycles. The maximum atomic E-state index is 11.3. The van der Waals surface area contributed by atoms with Crippen molar-refractivity contribution < 1.29 is 19.5 Å². The van der Waals surface area contributed by atoms with E-state index in [1.165, 1.54) is 0 Å². The Morgan fingerprint density at radius 2 is 2.00 bits per heavy atom. The minimum Gasteiger partial charge on any atom is -0.480 e. The van der Waals surface area contributed by atoms with Crippen molar-refractivity contribution in [3.8, 4) is 12.3 Å². The topological polar surface area (TPSA) is 109 Å². The van der Waals surface area contributed by atoms with E-state index in [9.17, 15) is 14.4 Å². The van der Waals surface area contributed by atoms with E-state index in [0.717, 1.165) is 0 Å². The predicted octanol–water partition coefficient (Wildman–Crippen LogP) is -0.375. The van der Waals surface area contributed by atoms with Gasteiger partial charge < -0.3 is 16.2 Å². The molecule has 2 amide bonds. The highest BCUT2D eigenvalue weighted by Crippen LogP contribution is 2.00. The number of carbonyl (C=O) groups is 3. The van der Waals surface area contributed by atoms with E-state index in [2.05, 4.69) is 11.2 Å². The van der Waals surface area contributed by atoms with Crippen LogP contribution >= 0.6 is 0 Å². The van der Waals surface area contributed by atoms with Gasteiger partial charge in [0.25, 0.3) is 0 Å². The van der Waals surface area contributed by atoms with Crippen molar-refractivity contribution in [2.24, 2.45) is 5.73 Å². The van der Waals surface area contributed by atoms with Gasteiger partial charge in [0.15, 0.2) is 0 Å². The third kappa shape index (κ3) is 7.85. The summed E-state index contributed by atoms with van der Waals surface area (Å²) in [7, 11) is 0. The molecular weight excluding hydrogens is 224 g/mol. The molecule has 0 aliphatic carbocycles. The van der Waals surface area contributed by atoms with Crippen molar-refractivity contribution >= 4 is 17.8 Å². The molecule has 0 heterocycles. The van der Waals surface area contributed by atoms with Gasteiger partial charge in [0, 0.05) is 12.8 Å². The van der Waals surface area contributed by atoms with Crippen LogP contribution in [0.3, 0.4) is 0 Å². The molecule has 0 aromatic rings. The Morgan fingerprint density at radius 3 is 2.47 bits per heavy atom. The summed E-state index contributed by atoms with van der Waals surface area (Å²) in [4.78, 5) is 32.6. The summed E-state index contributed by atoms with van der Waals surface area (Å²) in [6.45, 7) is 0. The average Bonchev–Trinajstić information content (AvgIpc) is 2.22. The van der Waals surface area contributed by atoms with Gasteiger partial charge in [0.1, 0.15) is 6.04 Å². The Morgan fingerprint density at radius 1 is 1.35 bits per heavy atom. The van der Waals surface area contributed by atoms with Gasteiger partial charge in [-0.2, -0.15) is 0 Å². The molecule has 6 heteroatoms. The fraction of sp³-hybridized carbons (Fsp3) is 0.545. The monoisotopic (exact) mass is 240 g/mol. The quantitative estimate of drug-likeness (QED) is 0.397. The third-order valence-corrected chi connectivity index (χ3v) is 2.01. The second kappa shape index (κ2) is 8.16. The number of terminal acetylenes is 1. The molecule has 4 N–H and O–H groups in total. The zero-order valence-corrected chi connectivity index (χ0v) is 9.44. The van der Waals surface area contributed by atoms with Gasteiger partial charge in [0.2, 0.25) is 11.8 Å². The Labute approximate surface area is 99.6 Å². The van der Waals surface area contributed by atoms with E-state index in [1.807, 2.05) is 0 Å². The fourth-order valence-electron chi connectivity index (χ4n) is 1.18. The molecule has 94 valence electrons. The number of nitrogens with two attached hydrogens (primary N) is 1. The number of amides is 2. The van der Waals surface area contributed by atoms with Crippen LogP contribution in [0.15, 0.2) is 0 Å². The van der Waals surface area contributed by atoms with Crippen molar-refractivity contribution in [3.05, 3.63) is 0 Å². The minimum atomic E-state index is -1.28. The first-order valence-electron chi connectivity index (χ1n) is 5.21. The van der Waals surface area contributed by atoms with Gasteiger partial charge in [-0.15, -0.1) is 12.3 Å². The Balaban J connectivity index is 4.01. The van der Waals surface area contributed by atoms with E-state index in [-0.39, 0.29) is 6.42 Å². The molecule has 0 aromatic heterocycles. The van der Waals surface area contributed by atoms with E-state index in [4.69, 9.17) is 17.3 Å². The van der Waals surface area contributed by atoms with Crippen molar-refractivity contribution in [1.29, 1.82) is 0 Å². The zero-order chi connectivity index (χ0) is 13.3. The van der Waals surface area contributed by atoms with Gasteiger partial charge in [-0.3, -0.25) is 9.59 Å². The Kier molecular flexibility index (Phi) is 7.19. The molecule has 0 aromatic carbocycles. The number of carboxylic acids is 1. The molecule has 0 spiro atoms. The minimum absolute atomic E-state index is 0.185. The molecule has 1 atom stereocenters. The van der Waals surface area contributed by atoms with Crippen molar-refractivity contribution in [2.75, 3.05) is 0 Å². The molecular formula is C11H16N2O4. The molecule has 0 saturated carbocycles. The van der Waals surface area contributed by atoms with Crippen LogP contribution in [0.25, 0.3) is 0 Å². The summed E-state index contributed by atoms with van der Waals surface area (Å²) in [6.07, 6.45) is 6.68. The standard InChI is InChI=1S/C11H16N2O4/c1-2-3-4-5-6-10(15)13-8(11(16)17)7-9(12)14/h1,8H,3-7H2,(H2,12,14)(H,13,15)(H,16,17)/t8-/m0/s1. The summed E-state index contributed by atoms with van der Waals surface area (Å²) in [5.74, 6) is -0.0313. The number of carboxylic acid groups (broad SMARTS) is 1. The molecule has 0 aliphatic heterocycles. The maximum Gasteiger partial charge on any atom is 0.326 e. The number of nitrogens with one attached hydrogen (secondary N) is 1. The second-order valence-corrected chi connectivity index (χ2v) is 3.54. The summed E-state index contributed by atoms with van der Waals surface area (Å²) in [5, 5.41) is 11.0.